The van der Waals surface area contributed by atoms with Crippen molar-refractivity contribution in [1.29, 1.82) is 0 Å². The van der Waals surface area contributed by atoms with E-state index in [4.69, 9.17) is 0 Å². The molecule has 0 nitrogen and oxygen atoms in total. The Morgan fingerprint density at radius 1 is 0.923 bits per heavy atom. The highest BCUT2D eigenvalue weighted by Crippen LogP contribution is 2.21. The maximum atomic E-state index is 2.39. The predicted octanol–water partition coefficient (Wildman–Crippen LogP) is 4.70. The summed E-state index contributed by atoms with van der Waals surface area (Å²) in [4.78, 5) is 0. The fourth-order valence-electron chi connectivity index (χ4n) is 2.18. The molecule has 76 valence electrons. The fraction of sp³-hybridized carbons (Fsp3) is 0.846. The van der Waals surface area contributed by atoms with Gasteiger partial charge >= 0.3 is 0 Å². The Morgan fingerprint density at radius 3 is 2.38 bits per heavy atom. The largest absolute Gasteiger partial charge is 0.0885 e. The van der Waals surface area contributed by atoms with E-state index >= 15 is 0 Å². The Balaban J connectivity index is 2.26. The van der Waals surface area contributed by atoms with Crippen molar-refractivity contribution in [3.8, 4) is 0 Å². The van der Waals surface area contributed by atoms with Crippen LogP contribution in [-0.2, 0) is 0 Å². The van der Waals surface area contributed by atoms with Gasteiger partial charge in [-0.15, -0.1) is 0 Å². The molecule has 0 bridgehead atoms. The van der Waals surface area contributed by atoms with Crippen LogP contribution in [0.4, 0.5) is 0 Å². The minimum absolute atomic E-state index is 1.02. The van der Waals surface area contributed by atoms with Gasteiger partial charge in [-0.05, 0) is 31.6 Å². The summed E-state index contributed by atoms with van der Waals surface area (Å²) >= 11 is 0. The molecule has 1 unspecified atom stereocenters. The Labute approximate surface area is 83.4 Å². The molecule has 0 heterocycles. The summed E-state index contributed by atoms with van der Waals surface area (Å²) in [5, 5.41) is 0. The molecule has 0 saturated heterocycles. The molecular formula is C13H24. The van der Waals surface area contributed by atoms with Crippen LogP contribution in [0.2, 0.25) is 0 Å². The molecule has 1 aliphatic carbocycles. The van der Waals surface area contributed by atoms with Crippen LogP contribution in [0.15, 0.2) is 12.2 Å². The first-order valence-corrected chi connectivity index (χ1v) is 6.08. The molecule has 1 aliphatic rings. The summed E-state index contributed by atoms with van der Waals surface area (Å²) in [6, 6.07) is 0. The van der Waals surface area contributed by atoms with Crippen LogP contribution in [0, 0.1) is 5.92 Å². The molecule has 0 spiro atoms. The van der Waals surface area contributed by atoms with Crippen LogP contribution >= 0.6 is 0 Å². The third-order valence-corrected chi connectivity index (χ3v) is 3.21. The smallest absolute Gasteiger partial charge is 0.0351 e. The summed E-state index contributed by atoms with van der Waals surface area (Å²) in [5.41, 5.74) is 0. The molecule has 1 rings (SSSR count). The molecule has 0 heteroatoms. The molecule has 0 aromatic heterocycles. The minimum Gasteiger partial charge on any atom is -0.0885 e. The highest BCUT2D eigenvalue weighted by atomic mass is 14.1. The van der Waals surface area contributed by atoms with Gasteiger partial charge in [0.05, 0.1) is 0 Å². The SMILES string of the molecule is CCC1CCC/C=C\CCCCC1. The van der Waals surface area contributed by atoms with Crippen molar-refractivity contribution in [3.63, 3.8) is 0 Å². The number of rotatable bonds is 1. The second-order valence-corrected chi connectivity index (χ2v) is 4.31. The summed E-state index contributed by atoms with van der Waals surface area (Å²) in [5.74, 6) is 1.02. The van der Waals surface area contributed by atoms with Gasteiger partial charge in [-0.3, -0.25) is 0 Å². The topological polar surface area (TPSA) is 0 Å². The van der Waals surface area contributed by atoms with Gasteiger partial charge in [0.1, 0.15) is 0 Å². The van der Waals surface area contributed by atoms with Gasteiger partial charge in [0.15, 0.2) is 0 Å². The van der Waals surface area contributed by atoms with Gasteiger partial charge in [0.25, 0.3) is 0 Å². The molecule has 1 atom stereocenters. The van der Waals surface area contributed by atoms with Crippen molar-refractivity contribution in [2.45, 2.75) is 64.7 Å². The predicted molar refractivity (Wildman–Crippen MR) is 59.9 cm³/mol. The van der Waals surface area contributed by atoms with Crippen LogP contribution in [0.1, 0.15) is 64.7 Å². The number of hydrogen-bond acceptors (Lipinski definition) is 0. The van der Waals surface area contributed by atoms with Crippen molar-refractivity contribution in [1.82, 2.24) is 0 Å². The normalized spacial score (nSPS) is 29.2. The Morgan fingerprint density at radius 2 is 1.62 bits per heavy atom. The van der Waals surface area contributed by atoms with E-state index in [9.17, 15) is 0 Å². The quantitative estimate of drug-likeness (QED) is 0.513. The average Bonchev–Trinajstić information content (AvgIpc) is 2.22. The first-order chi connectivity index (χ1) is 6.43. The fourth-order valence-corrected chi connectivity index (χ4v) is 2.18. The summed E-state index contributed by atoms with van der Waals surface area (Å²) in [6.07, 6.45) is 17.5. The molecule has 0 aromatic carbocycles. The zero-order chi connectivity index (χ0) is 9.36. The molecule has 0 amide bonds. The summed E-state index contributed by atoms with van der Waals surface area (Å²) in [6.45, 7) is 2.35. The Hall–Kier alpha value is -0.260. The number of allylic oxidation sites excluding steroid dienone is 2. The van der Waals surface area contributed by atoms with Gasteiger partial charge in [0.2, 0.25) is 0 Å². The Kier molecular flexibility index (Phi) is 5.97. The zero-order valence-electron chi connectivity index (χ0n) is 9.10. The molecule has 0 saturated carbocycles. The molecule has 0 N–H and O–H groups in total. The second kappa shape index (κ2) is 7.17. The standard InChI is InChI=1S/C13H24/c1-2-13-11-9-7-5-3-4-6-8-10-12-13/h3,5,13H,2,4,6-12H2,1H3/b5-3-. The average molecular weight is 180 g/mol. The third kappa shape index (κ3) is 5.13. The monoisotopic (exact) mass is 180 g/mol. The van der Waals surface area contributed by atoms with E-state index in [2.05, 4.69) is 19.1 Å². The maximum absolute atomic E-state index is 2.39. The summed E-state index contributed by atoms with van der Waals surface area (Å²) in [7, 11) is 0. The van der Waals surface area contributed by atoms with Crippen LogP contribution in [0.25, 0.3) is 0 Å². The van der Waals surface area contributed by atoms with Crippen LogP contribution in [-0.4, -0.2) is 0 Å². The summed E-state index contributed by atoms with van der Waals surface area (Å²) < 4.78 is 0. The van der Waals surface area contributed by atoms with E-state index in [1.54, 1.807) is 0 Å². The zero-order valence-corrected chi connectivity index (χ0v) is 9.10. The van der Waals surface area contributed by atoms with Crippen LogP contribution in [0.5, 0.6) is 0 Å². The lowest BCUT2D eigenvalue weighted by molar-refractivity contribution is 0.407. The highest BCUT2D eigenvalue weighted by molar-refractivity contribution is 4.82. The molecule has 13 heavy (non-hydrogen) atoms. The first-order valence-electron chi connectivity index (χ1n) is 6.08. The molecule has 0 aromatic rings. The highest BCUT2D eigenvalue weighted by Gasteiger charge is 2.05. The van der Waals surface area contributed by atoms with Gasteiger partial charge in [-0.25, -0.2) is 0 Å². The van der Waals surface area contributed by atoms with Crippen molar-refractivity contribution in [2.75, 3.05) is 0 Å². The van der Waals surface area contributed by atoms with Gasteiger partial charge < -0.3 is 0 Å². The molecule has 0 radical (unpaired) electrons. The van der Waals surface area contributed by atoms with Crippen molar-refractivity contribution in [2.24, 2.45) is 5.92 Å². The molecule has 0 aliphatic heterocycles. The van der Waals surface area contributed by atoms with E-state index in [-0.39, 0.29) is 0 Å². The van der Waals surface area contributed by atoms with Crippen molar-refractivity contribution >= 4 is 0 Å². The number of hydrogen-bond donors (Lipinski definition) is 0. The third-order valence-electron chi connectivity index (χ3n) is 3.21. The minimum atomic E-state index is 1.02. The Bertz CT molecular complexity index is 135. The molecule has 0 fully saturated rings. The van der Waals surface area contributed by atoms with Crippen LogP contribution < -0.4 is 0 Å². The lowest BCUT2D eigenvalue weighted by Crippen LogP contribution is -1.98. The van der Waals surface area contributed by atoms with E-state index in [1.165, 1.54) is 57.8 Å². The molecular weight excluding hydrogens is 156 g/mol. The van der Waals surface area contributed by atoms with Crippen molar-refractivity contribution in [3.05, 3.63) is 12.2 Å². The first kappa shape index (κ1) is 10.8. The van der Waals surface area contributed by atoms with Gasteiger partial charge in [-0.2, -0.15) is 0 Å². The lowest BCUT2D eigenvalue weighted by atomic mass is 9.93. The van der Waals surface area contributed by atoms with Gasteiger partial charge in [-0.1, -0.05) is 51.2 Å². The van der Waals surface area contributed by atoms with Crippen LogP contribution in [0.3, 0.4) is 0 Å². The van der Waals surface area contributed by atoms with E-state index < -0.39 is 0 Å². The van der Waals surface area contributed by atoms with E-state index in [0.717, 1.165) is 5.92 Å². The second-order valence-electron chi connectivity index (χ2n) is 4.31. The van der Waals surface area contributed by atoms with Gasteiger partial charge in [0, 0.05) is 0 Å². The van der Waals surface area contributed by atoms with E-state index in [1.807, 2.05) is 0 Å². The van der Waals surface area contributed by atoms with Crippen molar-refractivity contribution < 1.29 is 0 Å². The maximum Gasteiger partial charge on any atom is -0.0351 e. The lowest BCUT2D eigenvalue weighted by Gasteiger charge is -2.13. The van der Waals surface area contributed by atoms with E-state index in [0.29, 0.717) is 0 Å².